The molecule has 9 heteroatoms. The summed E-state index contributed by atoms with van der Waals surface area (Å²) in [5.74, 6) is -1.82. The van der Waals surface area contributed by atoms with Crippen molar-refractivity contribution in [3.05, 3.63) is 53.6 Å². The molecule has 0 aromatic heterocycles. The number of benzene rings is 1. The molecule has 0 amide bonds. The fraction of sp³-hybridized carbons (Fsp3) is 0.727. The van der Waals surface area contributed by atoms with Gasteiger partial charge in [0.05, 0.1) is 29.2 Å². The van der Waals surface area contributed by atoms with Crippen molar-refractivity contribution in [2.24, 2.45) is 0 Å². The van der Waals surface area contributed by atoms with Gasteiger partial charge in [0.15, 0.2) is 0 Å². The van der Waals surface area contributed by atoms with E-state index in [9.17, 15) is 22.6 Å². The average molecular weight is 785 g/mol. The third kappa shape index (κ3) is 29.1. The maximum atomic E-state index is 13.0. The number of hydrogen-bond acceptors (Lipinski definition) is 7. The number of carbonyl (C=O) groups excluding carboxylic acids is 2. The zero-order chi connectivity index (χ0) is 38.0. The number of carbonyl (C=O) groups is 2. The smallest absolute Gasteiger partial charge is 0.744 e. The molecule has 53 heavy (non-hydrogen) atoms. The molecule has 0 spiro atoms. The monoisotopic (exact) mass is 784 g/mol. The summed E-state index contributed by atoms with van der Waals surface area (Å²) in [6.45, 7) is 4.72. The van der Waals surface area contributed by atoms with E-state index in [1.807, 2.05) is 0 Å². The van der Waals surface area contributed by atoms with E-state index in [0.29, 0.717) is 12.8 Å². The fourth-order valence-electron chi connectivity index (χ4n) is 6.30. The van der Waals surface area contributed by atoms with Crippen LogP contribution in [0.1, 0.15) is 214 Å². The summed E-state index contributed by atoms with van der Waals surface area (Å²) in [6, 6.07) is 3.62. The Bertz CT molecular complexity index is 1210. The summed E-state index contributed by atoms with van der Waals surface area (Å²) in [5.41, 5.74) is -0.785. The summed E-state index contributed by atoms with van der Waals surface area (Å²) < 4.78 is 46.7. The molecule has 0 aliphatic rings. The fourth-order valence-corrected chi connectivity index (χ4v) is 6.99. The van der Waals surface area contributed by atoms with Crippen LogP contribution >= 0.6 is 0 Å². The van der Waals surface area contributed by atoms with Crippen LogP contribution in [0.15, 0.2) is 47.4 Å². The molecule has 0 aliphatic heterocycles. The predicted octanol–water partition coefficient (Wildman–Crippen LogP) is 9.98. The first-order chi connectivity index (χ1) is 25.3. The third-order valence-corrected chi connectivity index (χ3v) is 10.4. The summed E-state index contributed by atoms with van der Waals surface area (Å²) in [6.07, 6.45) is 41.7. The first kappa shape index (κ1) is 52.2. The van der Waals surface area contributed by atoms with Crippen molar-refractivity contribution in [1.29, 1.82) is 0 Å². The Morgan fingerprint density at radius 3 is 1.25 bits per heavy atom. The largest absolute Gasteiger partial charge is 1.00 e. The van der Waals surface area contributed by atoms with E-state index in [2.05, 4.69) is 38.2 Å². The molecule has 298 valence electrons. The molecule has 7 nitrogen and oxygen atoms in total. The first-order valence-corrected chi connectivity index (χ1v) is 22.5. The molecule has 0 fully saturated rings. The van der Waals surface area contributed by atoms with Crippen LogP contribution in [-0.4, -0.2) is 38.1 Å². The summed E-state index contributed by atoms with van der Waals surface area (Å²) in [4.78, 5) is 25.1. The van der Waals surface area contributed by atoms with Crippen LogP contribution in [0, 0.1) is 0 Å². The molecule has 0 atom stereocenters. The Balaban J connectivity index is 0.0000270. The minimum absolute atomic E-state index is 0. The Morgan fingerprint density at radius 1 is 0.528 bits per heavy atom. The van der Waals surface area contributed by atoms with Gasteiger partial charge in [-0.25, -0.2) is 18.0 Å². The molecule has 0 aliphatic carbocycles. The Morgan fingerprint density at radius 2 is 0.868 bits per heavy atom. The Labute approximate surface area is 367 Å². The van der Waals surface area contributed by atoms with Crippen LogP contribution in [-0.2, 0) is 19.6 Å². The zero-order valence-corrected chi connectivity index (χ0v) is 38.0. The second-order valence-corrected chi connectivity index (χ2v) is 15.6. The van der Waals surface area contributed by atoms with Gasteiger partial charge >= 0.3 is 63.3 Å². The van der Waals surface area contributed by atoms with E-state index < -0.39 is 32.5 Å². The molecule has 0 saturated carbocycles. The number of allylic oxidation sites excluding steroid dienone is 4. The number of ether oxygens (including phenoxy) is 2. The van der Waals surface area contributed by atoms with Crippen LogP contribution in [0.4, 0.5) is 0 Å². The van der Waals surface area contributed by atoms with E-state index in [0.717, 1.165) is 51.0 Å². The van der Waals surface area contributed by atoms with E-state index in [4.69, 9.17) is 9.47 Å². The topological polar surface area (TPSA) is 110 Å². The molecule has 1 rings (SSSR count). The molecule has 0 bridgehead atoms. The van der Waals surface area contributed by atoms with Gasteiger partial charge in [0.1, 0.15) is 10.1 Å². The summed E-state index contributed by atoms with van der Waals surface area (Å²) in [5, 5.41) is 0. The SMILES string of the molecule is CCCCCC/C=C/CCCCCCCCCCOC(=O)c1cccc(S(=O)(=O)[O-])c1C(=O)OCCCCCCCCCC/C=C/CCCCCC.[K+]. The van der Waals surface area contributed by atoms with Crippen molar-refractivity contribution in [3.8, 4) is 0 Å². The van der Waals surface area contributed by atoms with Gasteiger partial charge in [-0.1, -0.05) is 160 Å². The number of rotatable bonds is 35. The molecule has 0 saturated heterocycles. The Hall–Kier alpha value is -0.814. The number of esters is 2. The number of hydrogen-bond donors (Lipinski definition) is 0. The van der Waals surface area contributed by atoms with Crippen molar-refractivity contribution in [2.45, 2.75) is 199 Å². The number of unbranched alkanes of at least 4 members (excludes halogenated alkanes) is 24. The molecule has 0 heterocycles. The quantitative estimate of drug-likeness (QED) is 0.0222. The summed E-state index contributed by atoms with van der Waals surface area (Å²) in [7, 11) is -5.01. The van der Waals surface area contributed by atoms with E-state index in [1.54, 1.807) is 0 Å². The van der Waals surface area contributed by atoms with Crippen LogP contribution < -0.4 is 51.4 Å². The maximum absolute atomic E-state index is 13.0. The van der Waals surface area contributed by atoms with Gasteiger partial charge < -0.3 is 14.0 Å². The molecular weight excluding hydrogens is 712 g/mol. The normalized spacial score (nSPS) is 11.7. The van der Waals surface area contributed by atoms with E-state index >= 15 is 0 Å². The minimum Gasteiger partial charge on any atom is -0.744 e. The van der Waals surface area contributed by atoms with Crippen LogP contribution in [0.3, 0.4) is 0 Å². The molecule has 0 radical (unpaired) electrons. The minimum atomic E-state index is -5.01. The average Bonchev–Trinajstić information content (AvgIpc) is 3.13. The van der Waals surface area contributed by atoms with Gasteiger partial charge in [0.25, 0.3) is 0 Å². The van der Waals surface area contributed by atoms with Gasteiger partial charge in [-0.05, 0) is 76.3 Å². The van der Waals surface area contributed by atoms with Gasteiger partial charge in [-0.2, -0.15) is 0 Å². The van der Waals surface area contributed by atoms with Crippen molar-refractivity contribution in [1.82, 2.24) is 0 Å². The first-order valence-electron chi connectivity index (χ1n) is 21.1. The van der Waals surface area contributed by atoms with Gasteiger partial charge in [-0.3, -0.25) is 0 Å². The van der Waals surface area contributed by atoms with Crippen LogP contribution in [0.5, 0.6) is 0 Å². The van der Waals surface area contributed by atoms with Gasteiger partial charge in [0, 0.05) is 0 Å². The van der Waals surface area contributed by atoms with Crippen molar-refractivity contribution in [3.63, 3.8) is 0 Å². The van der Waals surface area contributed by atoms with Crippen LogP contribution in [0.25, 0.3) is 0 Å². The Kier molecular flexibility index (Phi) is 36.2. The van der Waals surface area contributed by atoms with Crippen molar-refractivity contribution in [2.75, 3.05) is 13.2 Å². The maximum Gasteiger partial charge on any atom is 1.00 e. The zero-order valence-electron chi connectivity index (χ0n) is 34.0. The second-order valence-electron chi connectivity index (χ2n) is 14.3. The second kappa shape index (κ2) is 36.8. The predicted molar refractivity (Wildman–Crippen MR) is 214 cm³/mol. The molecule has 1 aromatic rings. The molecular formula is C44H73KO7S. The molecule has 0 N–H and O–H groups in total. The molecule has 0 unspecified atom stereocenters. The third-order valence-electron chi connectivity index (χ3n) is 9.50. The van der Waals surface area contributed by atoms with Gasteiger partial charge in [0.2, 0.25) is 0 Å². The molecule has 1 aromatic carbocycles. The van der Waals surface area contributed by atoms with E-state index in [1.165, 1.54) is 134 Å². The van der Waals surface area contributed by atoms with Crippen molar-refractivity contribution >= 4 is 22.1 Å². The van der Waals surface area contributed by atoms with Crippen LogP contribution in [0.2, 0.25) is 0 Å². The standard InChI is InChI=1S/C44H74O7S.K/c1-3-5-7-9-11-13-15-17-19-21-23-25-27-29-31-33-38-50-43(45)40-36-35-37-41(52(47,48)49)42(40)44(46)51-39-34-32-30-28-26-24-22-20-18-16-14-12-10-8-6-4-2;/h13-16,35-37H,3-12,17-34,38-39H2,1-2H3,(H,47,48,49);/q;+1/p-1/b15-13+,16-14+;. The van der Waals surface area contributed by atoms with E-state index in [-0.39, 0.29) is 70.2 Å². The van der Waals surface area contributed by atoms with Gasteiger partial charge in [-0.15, -0.1) is 0 Å². The van der Waals surface area contributed by atoms with Crippen molar-refractivity contribution < 1.29 is 83.4 Å². The summed E-state index contributed by atoms with van der Waals surface area (Å²) >= 11 is 0.